The molecule has 0 aliphatic carbocycles. The number of urea groups is 2. The van der Waals surface area contributed by atoms with E-state index >= 15 is 0 Å². The number of hydrogen-bond donors (Lipinski definition) is 3. The molecule has 2 fully saturated rings. The summed E-state index contributed by atoms with van der Waals surface area (Å²) < 4.78 is 0. The Balaban J connectivity index is 1.91. The molecular formula is C12H20N4O4. The summed E-state index contributed by atoms with van der Waals surface area (Å²) in [6.45, 7) is 5.32. The molecule has 3 N–H and O–H groups in total. The van der Waals surface area contributed by atoms with Crippen molar-refractivity contribution in [2.24, 2.45) is 0 Å². The number of carbonyl (C=O) groups excluding carboxylic acids is 2. The van der Waals surface area contributed by atoms with Crippen molar-refractivity contribution >= 4 is 18.0 Å². The third-order valence-electron chi connectivity index (χ3n) is 3.56. The number of hydrogen-bond acceptors (Lipinski definition) is 3. The molecular weight excluding hydrogens is 264 g/mol. The summed E-state index contributed by atoms with van der Waals surface area (Å²) in [4.78, 5) is 37.7. The van der Waals surface area contributed by atoms with Crippen LogP contribution in [0.1, 0.15) is 20.3 Å². The summed E-state index contributed by atoms with van der Waals surface area (Å²) in [7, 11) is 0. The number of nitrogens with zero attached hydrogens (tertiary/aromatic N) is 2. The minimum Gasteiger partial charge on any atom is -0.481 e. The predicted octanol–water partition coefficient (Wildman–Crippen LogP) is -0.341. The van der Waals surface area contributed by atoms with Crippen molar-refractivity contribution in [2.75, 3.05) is 26.2 Å². The molecule has 2 aliphatic heterocycles. The van der Waals surface area contributed by atoms with Crippen molar-refractivity contribution in [1.29, 1.82) is 0 Å². The number of carboxylic acid groups (broad SMARTS) is 1. The van der Waals surface area contributed by atoms with Gasteiger partial charge in [0.1, 0.15) is 0 Å². The molecule has 1 atom stereocenters. The average molecular weight is 284 g/mol. The first-order valence-electron chi connectivity index (χ1n) is 6.62. The number of carboxylic acids is 1. The van der Waals surface area contributed by atoms with Crippen molar-refractivity contribution in [3.63, 3.8) is 0 Å². The molecule has 0 saturated carbocycles. The lowest BCUT2D eigenvalue weighted by atomic mass is 10.0. The molecule has 0 aromatic heterocycles. The molecule has 8 nitrogen and oxygen atoms in total. The number of nitrogens with one attached hydrogen (secondary N) is 2. The molecule has 20 heavy (non-hydrogen) atoms. The van der Waals surface area contributed by atoms with Crippen LogP contribution >= 0.6 is 0 Å². The fraction of sp³-hybridized carbons (Fsp3) is 0.750. The second-order valence-corrected chi connectivity index (χ2v) is 5.86. The molecule has 0 aromatic rings. The maximum Gasteiger partial charge on any atom is 0.317 e. The van der Waals surface area contributed by atoms with Crippen LogP contribution in [-0.2, 0) is 4.79 Å². The predicted molar refractivity (Wildman–Crippen MR) is 70.3 cm³/mol. The van der Waals surface area contributed by atoms with Gasteiger partial charge in [-0.15, -0.1) is 0 Å². The number of rotatable bonds is 3. The van der Waals surface area contributed by atoms with Gasteiger partial charge in [0.15, 0.2) is 0 Å². The molecule has 8 heteroatoms. The Morgan fingerprint density at radius 2 is 2.15 bits per heavy atom. The Morgan fingerprint density at radius 1 is 1.45 bits per heavy atom. The van der Waals surface area contributed by atoms with Crippen molar-refractivity contribution in [2.45, 2.75) is 31.8 Å². The highest BCUT2D eigenvalue weighted by molar-refractivity contribution is 5.79. The molecule has 1 unspecified atom stereocenters. The van der Waals surface area contributed by atoms with Gasteiger partial charge in [-0.05, 0) is 13.8 Å². The second-order valence-electron chi connectivity index (χ2n) is 5.86. The summed E-state index contributed by atoms with van der Waals surface area (Å²) in [6, 6.07) is -0.360. The summed E-state index contributed by atoms with van der Waals surface area (Å²) in [6.07, 6.45) is -0.137. The van der Waals surface area contributed by atoms with E-state index in [-0.39, 0.29) is 24.5 Å². The Morgan fingerprint density at radius 3 is 2.80 bits per heavy atom. The van der Waals surface area contributed by atoms with E-state index in [1.807, 2.05) is 0 Å². The van der Waals surface area contributed by atoms with Gasteiger partial charge in [0.25, 0.3) is 0 Å². The number of fused-ring (bicyclic) bond motifs is 1. The quantitative estimate of drug-likeness (QED) is 0.659. The van der Waals surface area contributed by atoms with Crippen molar-refractivity contribution in [3.8, 4) is 0 Å². The third kappa shape index (κ3) is 3.12. The van der Waals surface area contributed by atoms with Gasteiger partial charge in [-0.2, -0.15) is 0 Å². The maximum atomic E-state index is 12.2. The molecule has 2 aliphatic rings. The monoisotopic (exact) mass is 284 g/mol. The lowest BCUT2D eigenvalue weighted by Crippen LogP contribution is -2.58. The highest BCUT2D eigenvalue weighted by atomic mass is 16.4. The smallest absolute Gasteiger partial charge is 0.317 e. The summed E-state index contributed by atoms with van der Waals surface area (Å²) >= 11 is 0. The molecule has 0 radical (unpaired) electrons. The van der Waals surface area contributed by atoms with Crippen LogP contribution in [0.4, 0.5) is 9.59 Å². The third-order valence-corrected chi connectivity index (χ3v) is 3.56. The van der Waals surface area contributed by atoms with Crippen LogP contribution in [0.3, 0.4) is 0 Å². The van der Waals surface area contributed by atoms with Crippen molar-refractivity contribution in [3.05, 3.63) is 0 Å². The van der Waals surface area contributed by atoms with Gasteiger partial charge >= 0.3 is 18.0 Å². The first-order chi connectivity index (χ1) is 9.28. The average Bonchev–Trinajstić information content (AvgIpc) is 2.68. The second kappa shape index (κ2) is 5.18. The van der Waals surface area contributed by atoms with Crippen molar-refractivity contribution in [1.82, 2.24) is 20.4 Å². The van der Waals surface area contributed by atoms with Crippen LogP contribution in [-0.4, -0.2) is 70.7 Å². The van der Waals surface area contributed by atoms with E-state index < -0.39 is 11.5 Å². The molecule has 2 heterocycles. The first kappa shape index (κ1) is 14.4. The van der Waals surface area contributed by atoms with Gasteiger partial charge in [0.2, 0.25) is 0 Å². The highest BCUT2D eigenvalue weighted by Gasteiger charge is 2.37. The van der Waals surface area contributed by atoms with Crippen LogP contribution in [0.15, 0.2) is 0 Å². The number of piperazine rings is 1. The fourth-order valence-corrected chi connectivity index (χ4v) is 2.58. The lowest BCUT2D eigenvalue weighted by molar-refractivity contribution is -0.138. The zero-order chi connectivity index (χ0) is 14.9. The highest BCUT2D eigenvalue weighted by Crippen LogP contribution is 2.15. The maximum absolute atomic E-state index is 12.2. The SMILES string of the molecule is CC(C)(CC(=O)O)NC(=O)N1CCN2C(=O)NCC2C1. The van der Waals surface area contributed by atoms with Gasteiger partial charge in [-0.25, -0.2) is 9.59 Å². The van der Waals surface area contributed by atoms with E-state index in [1.165, 1.54) is 0 Å². The zero-order valence-electron chi connectivity index (χ0n) is 11.7. The largest absolute Gasteiger partial charge is 0.481 e. The number of carbonyl (C=O) groups is 3. The lowest BCUT2D eigenvalue weighted by Gasteiger charge is -2.38. The van der Waals surface area contributed by atoms with Crippen LogP contribution in [0, 0.1) is 0 Å². The molecule has 4 amide bonds. The van der Waals surface area contributed by atoms with Gasteiger partial charge in [-0.3, -0.25) is 4.79 Å². The van der Waals surface area contributed by atoms with Gasteiger partial charge in [0, 0.05) is 31.7 Å². The number of aliphatic carboxylic acids is 1. The Bertz CT molecular complexity index is 437. The zero-order valence-corrected chi connectivity index (χ0v) is 11.7. The topological polar surface area (TPSA) is 102 Å². The van der Waals surface area contributed by atoms with Crippen LogP contribution in [0.25, 0.3) is 0 Å². The van der Waals surface area contributed by atoms with Crippen molar-refractivity contribution < 1.29 is 19.5 Å². The Kier molecular flexibility index (Phi) is 3.74. The molecule has 2 rings (SSSR count). The minimum absolute atomic E-state index is 0.00425. The van der Waals surface area contributed by atoms with E-state index in [0.29, 0.717) is 26.2 Å². The van der Waals surface area contributed by atoms with Crippen LogP contribution in [0.5, 0.6) is 0 Å². The normalized spacial score (nSPS) is 22.3. The van der Waals surface area contributed by atoms with E-state index in [4.69, 9.17) is 5.11 Å². The molecule has 112 valence electrons. The van der Waals surface area contributed by atoms with Crippen LogP contribution < -0.4 is 10.6 Å². The van der Waals surface area contributed by atoms with E-state index in [1.54, 1.807) is 23.6 Å². The Labute approximate surface area is 117 Å². The van der Waals surface area contributed by atoms with Gasteiger partial charge < -0.3 is 25.5 Å². The summed E-state index contributed by atoms with van der Waals surface area (Å²) in [5.74, 6) is -0.953. The van der Waals surface area contributed by atoms with Crippen LogP contribution in [0.2, 0.25) is 0 Å². The molecule has 0 aromatic carbocycles. The summed E-state index contributed by atoms with van der Waals surface area (Å²) in [5, 5.41) is 14.3. The standard InChI is InChI=1S/C12H20N4O4/c1-12(2,5-9(17)18)14-11(20)15-3-4-16-8(7-15)6-13-10(16)19/h8H,3-7H2,1-2H3,(H,13,19)(H,14,20)(H,17,18). The van der Waals surface area contributed by atoms with E-state index in [2.05, 4.69) is 10.6 Å². The first-order valence-corrected chi connectivity index (χ1v) is 6.62. The molecule has 0 bridgehead atoms. The van der Waals surface area contributed by atoms with E-state index in [0.717, 1.165) is 0 Å². The van der Waals surface area contributed by atoms with Gasteiger partial charge in [-0.1, -0.05) is 0 Å². The van der Waals surface area contributed by atoms with E-state index in [9.17, 15) is 14.4 Å². The fourth-order valence-electron chi connectivity index (χ4n) is 2.58. The molecule has 2 saturated heterocycles. The Hall–Kier alpha value is -1.99. The van der Waals surface area contributed by atoms with Gasteiger partial charge in [0.05, 0.1) is 12.5 Å². The minimum atomic E-state index is -0.953. The summed E-state index contributed by atoms with van der Waals surface area (Å²) in [5.41, 5.74) is -0.802. The molecule has 0 spiro atoms. The number of amides is 4.